The lowest BCUT2D eigenvalue weighted by molar-refractivity contribution is 0.0924. The predicted molar refractivity (Wildman–Crippen MR) is 80.9 cm³/mol. The minimum absolute atomic E-state index is 0.198. The molecule has 0 heterocycles. The third-order valence-corrected chi connectivity index (χ3v) is 3.22. The molecule has 2 aromatic carbocycles. The Bertz CT molecular complexity index is 594. The largest absolute Gasteiger partial charge is 0.392 e. The summed E-state index contributed by atoms with van der Waals surface area (Å²) in [6, 6.07) is 14.8. The van der Waals surface area contributed by atoms with Crippen molar-refractivity contribution in [2.75, 3.05) is 6.54 Å². The lowest BCUT2D eigenvalue weighted by Gasteiger charge is -2.08. The molecular weight excluding hydrogens is 274 g/mol. The van der Waals surface area contributed by atoms with Gasteiger partial charge >= 0.3 is 0 Å². The minimum Gasteiger partial charge on any atom is -0.392 e. The predicted octanol–water partition coefficient (Wildman–Crippen LogP) is 3.12. The van der Waals surface area contributed by atoms with Crippen LogP contribution in [-0.2, 0) is 0 Å². The van der Waals surface area contributed by atoms with Crippen LogP contribution in [0.5, 0.6) is 0 Å². The van der Waals surface area contributed by atoms with Gasteiger partial charge < -0.3 is 10.4 Å². The van der Waals surface area contributed by atoms with Gasteiger partial charge in [-0.1, -0.05) is 41.9 Å². The van der Waals surface area contributed by atoms with E-state index in [2.05, 4.69) is 5.32 Å². The van der Waals surface area contributed by atoms with Gasteiger partial charge in [0.2, 0.25) is 0 Å². The van der Waals surface area contributed by atoms with Gasteiger partial charge in [-0.3, -0.25) is 4.79 Å². The van der Waals surface area contributed by atoms with Crippen LogP contribution in [0.4, 0.5) is 0 Å². The second kappa shape index (κ2) is 6.55. The van der Waals surface area contributed by atoms with E-state index in [1.54, 1.807) is 19.1 Å². The van der Waals surface area contributed by atoms with Gasteiger partial charge in [0.15, 0.2) is 0 Å². The van der Waals surface area contributed by atoms with Crippen LogP contribution in [0.3, 0.4) is 0 Å². The standard InChI is InChI=1S/C16H16ClNO2/c1-11(19)10-18-16(20)13-8-6-12(7-9-13)14-4-2-3-5-15(14)17/h2-9,11,19H,10H2,1H3,(H,18,20)/t11-/m1/s1. The van der Waals surface area contributed by atoms with E-state index >= 15 is 0 Å². The fourth-order valence-corrected chi connectivity index (χ4v) is 2.08. The first-order valence-corrected chi connectivity index (χ1v) is 6.77. The van der Waals surface area contributed by atoms with Gasteiger partial charge in [-0.2, -0.15) is 0 Å². The van der Waals surface area contributed by atoms with Crippen molar-refractivity contribution in [3.63, 3.8) is 0 Å². The molecule has 0 spiro atoms. The highest BCUT2D eigenvalue weighted by atomic mass is 35.5. The molecule has 104 valence electrons. The first kappa shape index (κ1) is 14.6. The minimum atomic E-state index is -0.554. The Hall–Kier alpha value is -1.84. The summed E-state index contributed by atoms with van der Waals surface area (Å²) in [5.74, 6) is -0.198. The summed E-state index contributed by atoms with van der Waals surface area (Å²) in [7, 11) is 0. The van der Waals surface area contributed by atoms with Crippen molar-refractivity contribution in [1.29, 1.82) is 0 Å². The zero-order valence-electron chi connectivity index (χ0n) is 11.1. The van der Waals surface area contributed by atoms with Gasteiger partial charge in [-0.15, -0.1) is 0 Å². The summed E-state index contributed by atoms with van der Waals surface area (Å²) < 4.78 is 0. The van der Waals surface area contributed by atoms with Gasteiger partial charge in [-0.05, 0) is 30.7 Å². The van der Waals surface area contributed by atoms with Gasteiger partial charge in [0.25, 0.3) is 5.91 Å². The van der Waals surface area contributed by atoms with Crippen molar-refractivity contribution in [1.82, 2.24) is 5.32 Å². The number of rotatable bonds is 4. The van der Waals surface area contributed by atoms with E-state index < -0.39 is 6.10 Å². The first-order valence-electron chi connectivity index (χ1n) is 6.39. The van der Waals surface area contributed by atoms with Gasteiger partial charge in [0.05, 0.1) is 6.10 Å². The van der Waals surface area contributed by atoms with E-state index in [0.29, 0.717) is 10.6 Å². The Balaban J connectivity index is 2.14. The van der Waals surface area contributed by atoms with Crippen LogP contribution in [0.25, 0.3) is 11.1 Å². The maximum Gasteiger partial charge on any atom is 0.251 e. The van der Waals surface area contributed by atoms with Crippen molar-refractivity contribution in [2.45, 2.75) is 13.0 Å². The smallest absolute Gasteiger partial charge is 0.251 e. The molecule has 0 saturated heterocycles. The van der Waals surface area contributed by atoms with E-state index in [0.717, 1.165) is 11.1 Å². The third kappa shape index (κ3) is 3.59. The number of benzene rings is 2. The fourth-order valence-electron chi connectivity index (χ4n) is 1.84. The van der Waals surface area contributed by atoms with Crippen LogP contribution in [0.2, 0.25) is 5.02 Å². The fraction of sp³-hybridized carbons (Fsp3) is 0.188. The number of amides is 1. The lowest BCUT2D eigenvalue weighted by Crippen LogP contribution is -2.30. The molecule has 3 nitrogen and oxygen atoms in total. The summed E-state index contributed by atoms with van der Waals surface area (Å²) in [6.45, 7) is 1.87. The molecule has 4 heteroatoms. The molecule has 0 fully saturated rings. The molecular formula is C16H16ClNO2. The zero-order chi connectivity index (χ0) is 14.5. The Morgan fingerprint density at radius 2 is 1.85 bits per heavy atom. The molecule has 0 aromatic heterocycles. The van der Waals surface area contributed by atoms with Gasteiger partial charge in [-0.25, -0.2) is 0 Å². The Kier molecular flexibility index (Phi) is 4.77. The molecule has 0 bridgehead atoms. The van der Waals surface area contributed by atoms with E-state index in [9.17, 15) is 4.79 Å². The number of nitrogens with one attached hydrogen (secondary N) is 1. The molecule has 2 N–H and O–H groups in total. The van der Waals surface area contributed by atoms with Crippen molar-refractivity contribution in [3.8, 4) is 11.1 Å². The normalized spacial score (nSPS) is 11.9. The molecule has 0 aliphatic heterocycles. The Morgan fingerprint density at radius 3 is 2.45 bits per heavy atom. The number of hydrogen-bond acceptors (Lipinski definition) is 2. The highest BCUT2D eigenvalue weighted by Gasteiger charge is 2.07. The topological polar surface area (TPSA) is 49.3 Å². The average molecular weight is 290 g/mol. The molecule has 20 heavy (non-hydrogen) atoms. The van der Waals surface area contributed by atoms with E-state index in [1.165, 1.54) is 0 Å². The molecule has 0 saturated carbocycles. The van der Waals surface area contributed by atoms with Gasteiger partial charge in [0, 0.05) is 22.7 Å². The van der Waals surface area contributed by atoms with E-state index in [1.807, 2.05) is 36.4 Å². The highest BCUT2D eigenvalue weighted by molar-refractivity contribution is 6.33. The molecule has 0 radical (unpaired) electrons. The first-order chi connectivity index (χ1) is 9.58. The van der Waals surface area contributed by atoms with Gasteiger partial charge in [0.1, 0.15) is 0 Å². The van der Waals surface area contributed by atoms with Crippen LogP contribution < -0.4 is 5.32 Å². The second-order valence-electron chi connectivity index (χ2n) is 4.62. The quantitative estimate of drug-likeness (QED) is 0.908. The van der Waals surface area contributed by atoms with Crippen LogP contribution in [-0.4, -0.2) is 23.7 Å². The van der Waals surface area contributed by atoms with Crippen molar-refractivity contribution < 1.29 is 9.90 Å². The number of carbonyl (C=O) groups is 1. The van der Waals surface area contributed by atoms with Crippen LogP contribution >= 0.6 is 11.6 Å². The summed E-state index contributed by atoms with van der Waals surface area (Å²) >= 11 is 6.14. The summed E-state index contributed by atoms with van der Waals surface area (Å²) in [4.78, 5) is 11.8. The third-order valence-electron chi connectivity index (χ3n) is 2.89. The monoisotopic (exact) mass is 289 g/mol. The van der Waals surface area contributed by atoms with Crippen LogP contribution in [0.15, 0.2) is 48.5 Å². The molecule has 0 unspecified atom stereocenters. The number of aliphatic hydroxyl groups excluding tert-OH is 1. The summed E-state index contributed by atoms with van der Waals surface area (Å²) in [6.07, 6.45) is -0.554. The van der Waals surface area contributed by atoms with Crippen molar-refractivity contribution in [2.24, 2.45) is 0 Å². The number of aliphatic hydroxyl groups is 1. The highest BCUT2D eigenvalue weighted by Crippen LogP contribution is 2.27. The average Bonchev–Trinajstić information content (AvgIpc) is 2.45. The summed E-state index contributed by atoms with van der Waals surface area (Å²) in [5.41, 5.74) is 2.45. The van der Waals surface area contributed by atoms with Crippen molar-refractivity contribution in [3.05, 3.63) is 59.1 Å². The molecule has 2 rings (SSSR count). The maximum absolute atomic E-state index is 11.8. The second-order valence-corrected chi connectivity index (χ2v) is 5.02. The maximum atomic E-state index is 11.8. The van der Waals surface area contributed by atoms with Crippen LogP contribution in [0, 0.1) is 0 Å². The van der Waals surface area contributed by atoms with E-state index in [-0.39, 0.29) is 12.5 Å². The molecule has 1 atom stereocenters. The summed E-state index contributed by atoms with van der Waals surface area (Å²) in [5, 5.41) is 12.5. The van der Waals surface area contributed by atoms with Crippen molar-refractivity contribution >= 4 is 17.5 Å². The molecule has 2 aromatic rings. The number of halogens is 1. The van der Waals surface area contributed by atoms with Crippen LogP contribution in [0.1, 0.15) is 17.3 Å². The Labute approximate surface area is 123 Å². The molecule has 0 aliphatic carbocycles. The Morgan fingerprint density at radius 1 is 1.20 bits per heavy atom. The van der Waals surface area contributed by atoms with E-state index in [4.69, 9.17) is 16.7 Å². The zero-order valence-corrected chi connectivity index (χ0v) is 11.9. The lowest BCUT2D eigenvalue weighted by atomic mass is 10.0. The molecule has 1 amide bonds. The SMILES string of the molecule is C[C@@H](O)CNC(=O)c1ccc(-c2ccccc2Cl)cc1. The molecule has 0 aliphatic rings. The number of carbonyl (C=O) groups excluding carboxylic acids is 1. The number of hydrogen-bond donors (Lipinski definition) is 2.